The fourth-order valence-corrected chi connectivity index (χ4v) is 3.52. The lowest BCUT2D eigenvalue weighted by molar-refractivity contribution is 0.149. The normalized spacial score (nSPS) is 16.9. The van der Waals surface area contributed by atoms with Gasteiger partial charge in [-0.15, -0.1) is 0 Å². The van der Waals surface area contributed by atoms with Gasteiger partial charge in [0.1, 0.15) is 11.6 Å². The van der Waals surface area contributed by atoms with Crippen molar-refractivity contribution in [3.05, 3.63) is 71.3 Å². The molecule has 3 rings (SSSR count). The first-order valence-corrected chi connectivity index (χ1v) is 8.42. The van der Waals surface area contributed by atoms with Crippen LogP contribution in [0.3, 0.4) is 0 Å². The molecule has 0 amide bonds. The van der Waals surface area contributed by atoms with E-state index >= 15 is 0 Å². The molecule has 0 bridgehead atoms. The fraction of sp³-hybridized carbons (Fsp3) is 0.400. The molecule has 1 aliphatic rings. The van der Waals surface area contributed by atoms with Gasteiger partial charge in [-0.25, -0.2) is 8.78 Å². The molecule has 23 heavy (non-hydrogen) atoms. The molecule has 0 atom stereocenters. The number of nitrogens with zero attached hydrogens (tertiary/aromatic N) is 1. The van der Waals surface area contributed by atoms with Crippen LogP contribution in [0.15, 0.2) is 48.5 Å². The summed E-state index contributed by atoms with van der Waals surface area (Å²) >= 11 is 0. The molecular weight excluding hydrogens is 292 g/mol. The average Bonchev–Trinajstić information content (AvgIpc) is 2.59. The van der Waals surface area contributed by atoms with Crippen LogP contribution in [0.4, 0.5) is 8.78 Å². The lowest BCUT2D eigenvalue weighted by atomic mass is 9.90. The molecule has 0 aliphatic carbocycles. The third-order valence-corrected chi connectivity index (χ3v) is 4.96. The monoisotopic (exact) mass is 315 g/mol. The lowest BCUT2D eigenvalue weighted by Gasteiger charge is -2.38. The van der Waals surface area contributed by atoms with Gasteiger partial charge < -0.3 is 0 Å². The maximum Gasteiger partial charge on any atom is 0.123 e. The first kappa shape index (κ1) is 16.1. The fourth-order valence-electron chi connectivity index (χ4n) is 3.52. The van der Waals surface area contributed by atoms with E-state index in [4.69, 9.17) is 0 Å². The second-order valence-electron chi connectivity index (χ2n) is 6.39. The summed E-state index contributed by atoms with van der Waals surface area (Å²) in [5.74, 6) is 0.348. The first-order valence-electron chi connectivity index (χ1n) is 8.42. The number of piperidine rings is 1. The van der Waals surface area contributed by atoms with E-state index in [9.17, 15) is 8.78 Å². The molecule has 2 aromatic rings. The number of halogens is 2. The molecule has 0 spiro atoms. The summed E-state index contributed by atoms with van der Waals surface area (Å²) in [5.41, 5.74) is 2.13. The number of hydrogen-bond donors (Lipinski definition) is 0. The zero-order valence-electron chi connectivity index (χ0n) is 13.5. The summed E-state index contributed by atoms with van der Waals surface area (Å²) in [6, 6.07) is 13.5. The minimum absolute atomic E-state index is 0.0639. The Morgan fingerprint density at radius 2 is 1.30 bits per heavy atom. The number of likely N-dealkylation sites (tertiary alicyclic amines) is 1. The van der Waals surface area contributed by atoms with E-state index in [1.807, 2.05) is 24.3 Å². The van der Waals surface area contributed by atoms with E-state index in [-0.39, 0.29) is 17.7 Å². The molecule has 1 heterocycles. The van der Waals surface area contributed by atoms with Crippen LogP contribution in [0.2, 0.25) is 0 Å². The minimum Gasteiger partial charge on any atom is -0.292 e. The quantitative estimate of drug-likeness (QED) is 0.752. The van der Waals surface area contributed by atoms with Gasteiger partial charge in [0, 0.05) is 0 Å². The molecule has 1 fully saturated rings. The molecule has 122 valence electrons. The van der Waals surface area contributed by atoms with Crippen LogP contribution in [-0.2, 0) is 0 Å². The van der Waals surface area contributed by atoms with Crippen LogP contribution in [0.5, 0.6) is 0 Å². The molecule has 2 aromatic carbocycles. The van der Waals surface area contributed by atoms with Crippen molar-refractivity contribution < 1.29 is 8.78 Å². The van der Waals surface area contributed by atoms with Crippen LogP contribution in [0.25, 0.3) is 0 Å². The van der Waals surface area contributed by atoms with Gasteiger partial charge in [-0.2, -0.15) is 0 Å². The van der Waals surface area contributed by atoms with Crippen LogP contribution in [0, 0.1) is 17.6 Å². The maximum absolute atomic E-state index is 13.3. The van der Waals surface area contributed by atoms with E-state index in [1.165, 1.54) is 43.5 Å². The van der Waals surface area contributed by atoms with Crippen LogP contribution < -0.4 is 0 Å². The third kappa shape index (κ3) is 3.78. The molecule has 0 unspecified atom stereocenters. The average molecular weight is 315 g/mol. The maximum atomic E-state index is 13.3. The van der Waals surface area contributed by atoms with Crippen molar-refractivity contribution in [2.45, 2.75) is 32.2 Å². The van der Waals surface area contributed by atoms with Crippen LogP contribution in [0.1, 0.15) is 43.4 Å². The summed E-state index contributed by atoms with van der Waals surface area (Å²) < 4.78 is 26.6. The molecule has 3 heteroatoms. The molecule has 0 N–H and O–H groups in total. The van der Waals surface area contributed by atoms with E-state index in [2.05, 4.69) is 11.8 Å². The zero-order valence-corrected chi connectivity index (χ0v) is 13.5. The van der Waals surface area contributed by atoms with Gasteiger partial charge in [0.15, 0.2) is 0 Å². The number of benzene rings is 2. The SMILES string of the molecule is CCC1CCN(C(c2ccc(F)cc2)c2ccc(F)cc2)CC1. The second-order valence-corrected chi connectivity index (χ2v) is 6.39. The van der Waals surface area contributed by atoms with Crippen molar-refractivity contribution in [2.24, 2.45) is 5.92 Å². The van der Waals surface area contributed by atoms with Crippen molar-refractivity contribution in [1.29, 1.82) is 0 Å². The lowest BCUT2D eigenvalue weighted by Crippen LogP contribution is -2.37. The molecule has 1 saturated heterocycles. The van der Waals surface area contributed by atoms with Gasteiger partial charge in [0.05, 0.1) is 6.04 Å². The summed E-state index contributed by atoms with van der Waals surface area (Å²) in [7, 11) is 0. The number of rotatable bonds is 4. The minimum atomic E-state index is -0.226. The Kier molecular flexibility index (Phi) is 5.06. The van der Waals surface area contributed by atoms with Gasteiger partial charge >= 0.3 is 0 Å². The van der Waals surface area contributed by atoms with Gasteiger partial charge in [0.25, 0.3) is 0 Å². The predicted molar refractivity (Wildman–Crippen MR) is 89.2 cm³/mol. The van der Waals surface area contributed by atoms with Crippen LogP contribution >= 0.6 is 0 Å². The highest BCUT2D eigenvalue weighted by molar-refractivity contribution is 5.32. The Bertz CT molecular complexity index is 568. The highest BCUT2D eigenvalue weighted by Crippen LogP contribution is 2.33. The zero-order chi connectivity index (χ0) is 16.2. The van der Waals surface area contributed by atoms with Gasteiger partial charge in [-0.1, -0.05) is 37.6 Å². The summed E-state index contributed by atoms with van der Waals surface area (Å²) in [6.07, 6.45) is 3.61. The molecule has 0 aromatic heterocycles. The van der Waals surface area contributed by atoms with E-state index in [1.54, 1.807) is 0 Å². The van der Waals surface area contributed by atoms with E-state index in [0.29, 0.717) is 0 Å². The molecular formula is C20H23F2N. The summed E-state index contributed by atoms with van der Waals surface area (Å²) in [4.78, 5) is 2.44. The van der Waals surface area contributed by atoms with Crippen molar-refractivity contribution in [3.63, 3.8) is 0 Å². The van der Waals surface area contributed by atoms with E-state index < -0.39 is 0 Å². The smallest absolute Gasteiger partial charge is 0.123 e. The van der Waals surface area contributed by atoms with E-state index in [0.717, 1.165) is 30.1 Å². The van der Waals surface area contributed by atoms with Gasteiger partial charge in [-0.3, -0.25) is 4.90 Å². The van der Waals surface area contributed by atoms with Crippen molar-refractivity contribution >= 4 is 0 Å². The standard InChI is InChI=1S/C20H23F2N/c1-2-15-11-13-23(14-12-15)20(16-3-7-18(21)8-4-16)17-5-9-19(22)10-6-17/h3-10,15,20H,2,11-14H2,1H3. The first-order chi connectivity index (χ1) is 11.2. The molecule has 1 aliphatic heterocycles. The Balaban J connectivity index is 1.90. The van der Waals surface area contributed by atoms with Gasteiger partial charge in [0.2, 0.25) is 0 Å². The van der Waals surface area contributed by atoms with Crippen LogP contribution in [-0.4, -0.2) is 18.0 Å². The predicted octanol–water partition coefficient (Wildman–Crippen LogP) is 5.18. The Hall–Kier alpha value is -1.74. The van der Waals surface area contributed by atoms with Crippen molar-refractivity contribution in [3.8, 4) is 0 Å². The summed E-state index contributed by atoms with van der Waals surface area (Å²) in [6.45, 7) is 4.30. The number of hydrogen-bond acceptors (Lipinski definition) is 1. The Morgan fingerprint density at radius 1 is 0.870 bits per heavy atom. The molecule has 0 saturated carbocycles. The topological polar surface area (TPSA) is 3.24 Å². The summed E-state index contributed by atoms with van der Waals surface area (Å²) in [5, 5.41) is 0. The molecule has 1 nitrogen and oxygen atoms in total. The van der Waals surface area contributed by atoms with Gasteiger partial charge in [-0.05, 0) is 67.2 Å². The van der Waals surface area contributed by atoms with Crippen molar-refractivity contribution in [1.82, 2.24) is 4.90 Å². The molecule has 0 radical (unpaired) electrons. The Morgan fingerprint density at radius 3 is 1.70 bits per heavy atom. The highest BCUT2D eigenvalue weighted by atomic mass is 19.1. The van der Waals surface area contributed by atoms with Crippen molar-refractivity contribution in [2.75, 3.05) is 13.1 Å². The second kappa shape index (κ2) is 7.22. The highest BCUT2D eigenvalue weighted by Gasteiger charge is 2.26. The largest absolute Gasteiger partial charge is 0.292 e. The third-order valence-electron chi connectivity index (χ3n) is 4.96. The Labute approximate surface area is 136 Å².